The molecule has 1 atom stereocenters. The lowest BCUT2D eigenvalue weighted by molar-refractivity contribution is 0.0787. The van der Waals surface area contributed by atoms with Crippen molar-refractivity contribution in [3.05, 3.63) is 59.7 Å². The molecule has 2 heterocycles. The minimum absolute atomic E-state index is 0.0901. The number of fused-ring (bicyclic) bond motifs is 1. The SMILES string of the molecule is CNS(=O)(=O)c1ccc2c(c1)N(CC1CCN(C(=O)c3ccccc3)C1)CC2. The molecule has 148 valence electrons. The van der Waals surface area contributed by atoms with Crippen molar-refractivity contribution >= 4 is 21.6 Å². The van der Waals surface area contributed by atoms with Crippen LogP contribution in [0.5, 0.6) is 0 Å². The largest absolute Gasteiger partial charge is 0.371 e. The van der Waals surface area contributed by atoms with Crippen LogP contribution < -0.4 is 9.62 Å². The van der Waals surface area contributed by atoms with Gasteiger partial charge in [0.15, 0.2) is 0 Å². The Balaban J connectivity index is 1.45. The molecule has 2 aliphatic heterocycles. The van der Waals surface area contributed by atoms with Gasteiger partial charge in [0.25, 0.3) is 5.91 Å². The standard InChI is InChI=1S/C21H25N3O3S/c1-22-28(26,27)19-8-7-17-10-12-23(20(17)13-19)14-16-9-11-24(15-16)21(25)18-5-3-2-4-6-18/h2-8,13,16,22H,9-12,14-15H2,1H3. The Labute approximate surface area is 166 Å². The maximum absolute atomic E-state index is 12.7. The first-order valence-electron chi connectivity index (χ1n) is 9.63. The van der Waals surface area contributed by atoms with Crippen molar-refractivity contribution in [1.29, 1.82) is 0 Å². The number of anilines is 1. The molecule has 28 heavy (non-hydrogen) atoms. The summed E-state index contributed by atoms with van der Waals surface area (Å²) in [5.74, 6) is 0.482. The summed E-state index contributed by atoms with van der Waals surface area (Å²) in [6.07, 6.45) is 1.90. The van der Waals surface area contributed by atoms with Gasteiger partial charge >= 0.3 is 0 Å². The van der Waals surface area contributed by atoms with E-state index in [1.165, 1.54) is 12.6 Å². The first-order valence-corrected chi connectivity index (χ1v) is 11.1. The number of hydrogen-bond donors (Lipinski definition) is 1. The molecule has 1 fully saturated rings. The highest BCUT2D eigenvalue weighted by Crippen LogP contribution is 2.32. The van der Waals surface area contributed by atoms with Crippen molar-refractivity contribution in [3.8, 4) is 0 Å². The molecule has 7 heteroatoms. The van der Waals surface area contributed by atoms with E-state index in [-0.39, 0.29) is 5.91 Å². The Kier molecular flexibility index (Phi) is 5.12. The highest BCUT2D eigenvalue weighted by Gasteiger charge is 2.30. The van der Waals surface area contributed by atoms with Gasteiger partial charge in [0.2, 0.25) is 10.0 Å². The molecule has 0 spiro atoms. The molecule has 1 unspecified atom stereocenters. The molecule has 6 nitrogen and oxygen atoms in total. The van der Waals surface area contributed by atoms with Crippen molar-refractivity contribution in [3.63, 3.8) is 0 Å². The molecular formula is C21H25N3O3S. The van der Waals surface area contributed by atoms with Gasteiger partial charge in [-0.15, -0.1) is 0 Å². The normalized spacial score (nSPS) is 19.1. The number of carbonyl (C=O) groups excluding carboxylic acids is 1. The van der Waals surface area contributed by atoms with E-state index in [0.717, 1.165) is 50.3 Å². The van der Waals surface area contributed by atoms with Crippen molar-refractivity contribution in [2.45, 2.75) is 17.7 Å². The molecule has 0 radical (unpaired) electrons. The van der Waals surface area contributed by atoms with Gasteiger partial charge in [0.05, 0.1) is 4.90 Å². The molecule has 2 aromatic carbocycles. The molecule has 0 aliphatic carbocycles. The van der Waals surface area contributed by atoms with E-state index in [9.17, 15) is 13.2 Å². The Morgan fingerprint density at radius 1 is 1.14 bits per heavy atom. The number of nitrogens with zero attached hydrogens (tertiary/aromatic N) is 2. The molecule has 0 aromatic heterocycles. The zero-order valence-corrected chi connectivity index (χ0v) is 16.8. The first-order chi connectivity index (χ1) is 13.5. The second-order valence-electron chi connectivity index (χ2n) is 7.47. The zero-order chi connectivity index (χ0) is 19.7. The molecule has 0 bridgehead atoms. The number of benzene rings is 2. The minimum atomic E-state index is -3.45. The van der Waals surface area contributed by atoms with Gasteiger partial charge in [0, 0.05) is 37.4 Å². The van der Waals surface area contributed by atoms with Crippen molar-refractivity contribution in [1.82, 2.24) is 9.62 Å². The number of carbonyl (C=O) groups is 1. The summed E-state index contributed by atoms with van der Waals surface area (Å²) in [5, 5.41) is 0. The van der Waals surface area contributed by atoms with Crippen molar-refractivity contribution in [2.75, 3.05) is 38.1 Å². The average molecular weight is 400 g/mol. The monoisotopic (exact) mass is 399 g/mol. The fourth-order valence-corrected chi connectivity index (χ4v) is 4.89. The third-order valence-corrected chi connectivity index (χ3v) is 7.11. The molecule has 0 saturated carbocycles. The minimum Gasteiger partial charge on any atom is -0.371 e. The van der Waals surface area contributed by atoms with Crippen LogP contribution in [0.15, 0.2) is 53.4 Å². The molecular weight excluding hydrogens is 374 g/mol. The van der Waals surface area contributed by atoms with Crippen LogP contribution in [0.3, 0.4) is 0 Å². The van der Waals surface area contributed by atoms with Crippen molar-refractivity contribution < 1.29 is 13.2 Å². The van der Waals surface area contributed by atoms with Gasteiger partial charge in [-0.1, -0.05) is 24.3 Å². The van der Waals surface area contributed by atoms with E-state index < -0.39 is 10.0 Å². The summed E-state index contributed by atoms with van der Waals surface area (Å²) in [6, 6.07) is 14.8. The Morgan fingerprint density at radius 2 is 1.93 bits per heavy atom. The molecule has 4 rings (SSSR count). The number of sulfonamides is 1. The average Bonchev–Trinajstić information content (AvgIpc) is 3.35. The zero-order valence-electron chi connectivity index (χ0n) is 16.0. The summed E-state index contributed by atoms with van der Waals surface area (Å²) in [7, 11) is -2.02. The fraction of sp³-hybridized carbons (Fsp3) is 0.381. The molecule has 1 amide bonds. The lowest BCUT2D eigenvalue weighted by Gasteiger charge is -2.24. The summed E-state index contributed by atoms with van der Waals surface area (Å²) in [5.41, 5.74) is 2.92. The first kappa shape index (κ1) is 19.0. The van der Waals surface area contributed by atoms with E-state index in [2.05, 4.69) is 9.62 Å². The van der Waals surface area contributed by atoms with E-state index in [0.29, 0.717) is 10.8 Å². The summed E-state index contributed by atoms with van der Waals surface area (Å²) in [6.45, 7) is 3.25. The third kappa shape index (κ3) is 3.64. The second kappa shape index (κ2) is 7.56. The predicted octanol–water partition coefficient (Wildman–Crippen LogP) is 2.12. The van der Waals surface area contributed by atoms with Gasteiger partial charge in [-0.2, -0.15) is 0 Å². The summed E-state index contributed by atoms with van der Waals surface area (Å²) < 4.78 is 26.6. The lowest BCUT2D eigenvalue weighted by atomic mass is 10.1. The number of hydrogen-bond acceptors (Lipinski definition) is 4. The summed E-state index contributed by atoms with van der Waals surface area (Å²) in [4.78, 5) is 17.2. The maximum atomic E-state index is 12.7. The molecule has 1 N–H and O–H groups in total. The van der Waals surface area contributed by atoms with Crippen LogP contribution in [0.25, 0.3) is 0 Å². The second-order valence-corrected chi connectivity index (χ2v) is 9.35. The highest BCUT2D eigenvalue weighted by atomic mass is 32.2. The smallest absolute Gasteiger partial charge is 0.253 e. The molecule has 2 aromatic rings. The van der Waals surface area contributed by atoms with Crippen LogP contribution in [0, 0.1) is 5.92 Å². The fourth-order valence-electron chi connectivity index (χ4n) is 4.14. The predicted molar refractivity (Wildman–Crippen MR) is 109 cm³/mol. The number of amides is 1. The van der Waals surface area contributed by atoms with Crippen LogP contribution in [0.1, 0.15) is 22.3 Å². The van der Waals surface area contributed by atoms with Gasteiger partial charge in [-0.25, -0.2) is 13.1 Å². The van der Waals surface area contributed by atoms with Crippen LogP contribution >= 0.6 is 0 Å². The van der Waals surface area contributed by atoms with Gasteiger partial charge < -0.3 is 9.80 Å². The van der Waals surface area contributed by atoms with E-state index in [1.807, 2.05) is 41.3 Å². The Morgan fingerprint density at radius 3 is 2.68 bits per heavy atom. The molecule has 1 saturated heterocycles. The van der Waals surface area contributed by atoms with E-state index >= 15 is 0 Å². The van der Waals surface area contributed by atoms with E-state index in [1.54, 1.807) is 12.1 Å². The van der Waals surface area contributed by atoms with Gasteiger partial charge in [0.1, 0.15) is 0 Å². The molecule has 2 aliphatic rings. The van der Waals surface area contributed by atoms with Crippen LogP contribution in [-0.2, 0) is 16.4 Å². The highest BCUT2D eigenvalue weighted by molar-refractivity contribution is 7.89. The van der Waals surface area contributed by atoms with Gasteiger partial charge in [-0.05, 0) is 55.6 Å². The Hall–Kier alpha value is -2.38. The van der Waals surface area contributed by atoms with Crippen LogP contribution in [0.4, 0.5) is 5.69 Å². The van der Waals surface area contributed by atoms with Crippen molar-refractivity contribution in [2.24, 2.45) is 5.92 Å². The maximum Gasteiger partial charge on any atom is 0.253 e. The quantitative estimate of drug-likeness (QED) is 0.836. The van der Waals surface area contributed by atoms with E-state index in [4.69, 9.17) is 0 Å². The summed E-state index contributed by atoms with van der Waals surface area (Å²) >= 11 is 0. The number of nitrogens with one attached hydrogen (secondary N) is 1. The Bertz CT molecular complexity index is 976. The van der Waals surface area contributed by atoms with Crippen LogP contribution in [0.2, 0.25) is 0 Å². The number of likely N-dealkylation sites (tertiary alicyclic amines) is 1. The lowest BCUT2D eigenvalue weighted by Crippen LogP contribution is -2.32. The van der Waals surface area contributed by atoms with Crippen LogP contribution in [-0.4, -0.2) is 52.5 Å². The third-order valence-electron chi connectivity index (χ3n) is 5.70. The number of rotatable bonds is 5. The topological polar surface area (TPSA) is 69.7 Å². The van der Waals surface area contributed by atoms with Gasteiger partial charge in [-0.3, -0.25) is 4.79 Å².